The van der Waals surface area contributed by atoms with Crippen LogP contribution in [0.4, 0.5) is 0 Å². The molecule has 0 saturated carbocycles. The number of aliphatic carboxylic acids is 1. The lowest BCUT2D eigenvalue weighted by molar-refractivity contribution is -0.145. The Labute approximate surface area is 88.1 Å². The fourth-order valence-electron chi connectivity index (χ4n) is 1.19. The normalized spacial score (nSPS) is 12.1. The van der Waals surface area contributed by atoms with Gasteiger partial charge in [-0.2, -0.15) is 0 Å². The van der Waals surface area contributed by atoms with Gasteiger partial charge >= 0.3 is 5.97 Å². The molecule has 1 aromatic rings. The summed E-state index contributed by atoms with van der Waals surface area (Å²) in [6, 6.07) is 6.76. The highest BCUT2D eigenvalue weighted by molar-refractivity contribution is 5.72. The molecule has 82 valence electrons. The average Bonchev–Trinajstić information content (AvgIpc) is 2.25. The zero-order chi connectivity index (χ0) is 11.3. The van der Waals surface area contributed by atoms with Crippen LogP contribution in [0.5, 0.6) is 5.75 Å². The van der Waals surface area contributed by atoms with Gasteiger partial charge in [-0.25, -0.2) is 4.79 Å². The Hall–Kier alpha value is -1.55. The van der Waals surface area contributed by atoms with E-state index in [4.69, 9.17) is 14.9 Å². The topological polar surface area (TPSA) is 66.8 Å². The summed E-state index contributed by atoms with van der Waals surface area (Å²) >= 11 is 0. The highest BCUT2D eigenvalue weighted by atomic mass is 16.5. The van der Waals surface area contributed by atoms with Gasteiger partial charge in [-0.3, -0.25) is 0 Å². The number of hydrogen-bond donors (Lipinski definition) is 2. The van der Waals surface area contributed by atoms with E-state index in [-0.39, 0.29) is 6.61 Å². The summed E-state index contributed by atoms with van der Waals surface area (Å²) in [6.45, 7) is 1.66. The van der Waals surface area contributed by atoms with Gasteiger partial charge in [0, 0.05) is 0 Å². The van der Waals surface area contributed by atoms with Crippen LogP contribution >= 0.6 is 0 Å². The van der Waals surface area contributed by atoms with Crippen LogP contribution in [0.2, 0.25) is 0 Å². The van der Waals surface area contributed by atoms with Gasteiger partial charge in [0.25, 0.3) is 0 Å². The van der Waals surface area contributed by atoms with Crippen LogP contribution in [-0.4, -0.2) is 22.3 Å². The maximum Gasteiger partial charge on any atom is 0.344 e. The van der Waals surface area contributed by atoms with Gasteiger partial charge in [0.15, 0.2) is 6.10 Å². The summed E-state index contributed by atoms with van der Waals surface area (Å²) in [5.74, 6) is -0.511. The Morgan fingerprint density at radius 2 is 2.27 bits per heavy atom. The molecule has 0 radical (unpaired) electrons. The molecule has 0 spiro atoms. The van der Waals surface area contributed by atoms with Crippen LogP contribution in [0, 0.1) is 0 Å². The second-order valence-electron chi connectivity index (χ2n) is 3.16. The van der Waals surface area contributed by atoms with E-state index in [1.807, 2.05) is 0 Å². The molecule has 2 N–H and O–H groups in total. The minimum absolute atomic E-state index is 0.0823. The summed E-state index contributed by atoms with van der Waals surface area (Å²) < 4.78 is 5.26. The summed E-state index contributed by atoms with van der Waals surface area (Å²) in [5.41, 5.74) is 0.702. The van der Waals surface area contributed by atoms with Crippen LogP contribution in [0.1, 0.15) is 18.9 Å². The van der Waals surface area contributed by atoms with E-state index in [1.165, 1.54) is 0 Å². The summed E-state index contributed by atoms with van der Waals surface area (Å²) in [6.07, 6.45) is -0.433. The zero-order valence-corrected chi connectivity index (χ0v) is 8.51. The number of carboxylic acid groups (broad SMARTS) is 1. The van der Waals surface area contributed by atoms with Crippen molar-refractivity contribution in [1.29, 1.82) is 0 Å². The number of aliphatic hydroxyl groups is 1. The molecule has 0 fully saturated rings. The highest BCUT2D eigenvalue weighted by Crippen LogP contribution is 2.16. The first-order valence-electron chi connectivity index (χ1n) is 4.76. The Morgan fingerprint density at radius 3 is 2.80 bits per heavy atom. The Balaban J connectivity index is 2.74. The molecule has 4 heteroatoms. The predicted molar refractivity (Wildman–Crippen MR) is 54.7 cm³/mol. The lowest BCUT2D eigenvalue weighted by Crippen LogP contribution is -2.25. The van der Waals surface area contributed by atoms with E-state index < -0.39 is 12.1 Å². The van der Waals surface area contributed by atoms with E-state index in [0.29, 0.717) is 17.7 Å². The summed E-state index contributed by atoms with van der Waals surface area (Å²) in [7, 11) is 0. The third-order valence-corrected chi connectivity index (χ3v) is 2.01. The summed E-state index contributed by atoms with van der Waals surface area (Å²) in [4.78, 5) is 10.7. The first-order valence-corrected chi connectivity index (χ1v) is 4.76. The molecule has 1 atom stereocenters. The van der Waals surface area contributed by atoms with Gasteiger partial charge < -0.3 is 14.9 Å². The minimum Gasteiger partial charge on any atom is -0.479 e. The molecule has 15 heavy (non-hydrogen) atoms. The Bertz CT molecular complexity index is 335. The fourth-order valence-corrected chi connectivity index (χ4v) is 1.19. The SMILES string of the molecule is CCC(Oc1cccc(CO)c1)C(=O)O. The van der Waals surface area contributed by atoms with Crippen molar-refractivity contribution in [3.05, 3.63) is 29.8 Å². The minimum atomic E-state index is -0.980. The van der Waals surface area contributed by atoms with Crippen molar-refractivity contribution in [3.63, 3.8) is 0 Å². The number of carbonyl (C=O) groups is 1. The largest absolute Gasteiger partial charge is 0.479 e. The third kappa shape index (κ3) is 3.25. The fraction of sp³-hybridized carbons (Fsp3) is 0.364. The van der Waals surface area contributed by atoms with Crippen molar-refractivity contribution in [2.24, 2.45) is 0 Å². The molecule has 0 heterocycles. The van der Waals surface area contributed by atoms with Crippen LogP contribution in [0.15, 0.2) is 24.3 Å². The number of rotatable bonds is 5. The van der Waals surface area contributed by atoms with Gasteiger partial charge in [-0.1, -0.05) is 19.1 Å². The first-order chi connectivity index (χ1) is 7.17. The van der Waals surface area contributed by atoms with Crippen molar-refractivity contribution >= 4 is 5.97 Å². The first kappa shape index (κ1) is 11.5. The molecule has 0 aromatic heterocycles. The molecular formula is C11H14O4. The summed E-state index contributed by atoms with van der Waals surface area (Å²) in [5, 5.41) is 17.7. The zero-order valence-electron chi connectivity index (χ0n) is 8.51. The highest BCUT2D eigenvalue weighted by Gasteiger charge is 2.16. The van der Waals surface area contributed by atoms with Crippen LogP contribution in [0.3, 0.4) is 0 Å². The predicted octanol–water partition coefficient (Wildman–Crippen LogP) is 1.42. The van der Waals surface area contributed by atoms with Crippen molar-refractivity contribution in [2.45, 2.75) is 26.1 Å². The van der Waals surface area contributed by atoms with Gasteiger partial charge in [0.1, 0.15) is 5.75 Å². The smallest absolute Gasteiger partial charge is 0.344 e. The maximum absolute atomic E-state index is 10.7. The van der Waals surface area contributed by atoms with E-state index >= 15 is 0 Å². The molecule has 4 nitrogen and oxygen atoms in total. The van der Waals surface area contributed by atoms with Crippen molar-refractivity contribution in [2.75, 3.05) is 0 Å². The molecule has 0 bridgehead atoms. The van der Waals surface area contributed by atoms with Gasteiger partial charge in [-0.05, 0) is 24.1 Å². The molecule has 0 aliphatic carbocycles. The lowest BCUT2D eigenvalue weighted by atomic mass is 10.2. The third-order valence-electron chi connectivity index (χ3n) is 2.01. The van der Waals surface area contributed by atoms with Crippen LogP contribution in [-0.2, 0) is 11.4 Å². The van der Waals surface area contributed by atoms with Gasteiger partial charge in [-0.15, -0.1) is 0 Å². The molecule has 0 aliphatic heterocycles. The maximum atomic E-state index is 10.7. The van der Waals surface area contributed by atoms with Crippen molar-refractivity contribution in [1.82, 2.24) is 0 Å². The molecule has 1 aromatic carbocycles. The number of aliphatic hydroxyl groups excluding tert-OH is 1. The standard InChI is InChI=1S/C11H14O4/c1-2-10(11(13)14)15-9-5-3-4-8(6-9)7-12/h3-6,10,12H,2,7H2,1H3,(H,13,14). The average molecular weight is 210 g/mol. The van der Waals surface area contributed by atoms with Crippen molar-refractivity contribution in [3.8, 4) is 5.75 Å². The monoisotopic (exact) mass is 210 g/mol. The molecule has 0 saturated heterocycles. The van der Waals surface area contributed by atoms with E-state index in [2.05, 4.69) is 0 Å². The molecule has 1 unspecified atom stereocenters. The van der Waals surface area contributed by atoms with Gasteiger partial charge in [0.2, 0.25) is 0 Å². The quantitative estimate of drug-likeness (QED) is 0.771. The van der Waals surface area contributed by atoms with Gasteiger partial charge in [0.05, 0.1) is 6.61 Å². The van der Waals surface area contributed by atoms with Crippen LogP contribution < -0.4 is 4.74 Å². The molecule has 0 aliphatic rings. The second-order valence-corrected chi connectivity index (χ2v) is 3.16. The lowest BCUT2D eigenvalue weighted by Gasteiger charge is -2.13. The molecule has 1 rings (SSSR count). The second kappa shape index (κ2) is 5.36. The number of benzene rings is 1. The van der Waals surface area contributed by atoms with E-state index in [1.54, 1.807) is 31.2 Å². The molecule has 0 amide bonds. The Morgan fingerprint density at radius 1 is 1.53 bits per heavy atom. The number of carboxylic acids is 1. The van der Waals surface area contributed by atoms with E-state index in [0.717, 1.165) is 0 Å². The number of ether oxygens (including phenoxy) is 1. The molecular weight excluding hydrogens is 196 g/mol. The Kier molecular flexibility index (Phi) is 4.12. The number of hydrogen-bond acceptors (Lipinski definition) is 3. The van der Waals surface area contributed by atoms with E-state index in [9.17, 15) is 4.79 Å². The van der Waals surface area contributed by atoms with Crippen molar-refractivity contribution < 1.29 is 19.7 Å². The van der Waals surface area contributed by atoms with Crippen LogP contribution in [0.25, 0.3) is 0 Å².